The highest BCUT2D eigenvalue weighted by Gasteiger charge is 2.19. The first-order chi connectivity index (χ1) is 7.49. The van der Waals surface area contributed by atoms with E-state index in [0.717, 1.165) is 10.0 Å². The Morgan fingerprint density at radius 3 is 2.38 bits per heavy atom. The van der Waals surface area contributed by atoms with Gasteiger partial charge in [-0.2, -0.15) is 0 Å². The van der Waals surface area contributed by atoms with Crippen molar-refractivity contribution in [2.45, 2.75) is 32.5 Å². The molecule has 16 heavy (non-hydrogen) atoms. The molecular weight excluding hydrogens is 272 g/mol. The number of hydrogen-bond donors (Lipinski definition) is 1. The fraction of sp³-hybridized carbons (Fsp3) is 0.417. The molecule has 3 nitrogen and oxygen atoms in total. The van der Waals surface area contributed by atoms with Gasteiger partial charge in [-0.3, -0.25) is 0 Å². The Kier molecular flexibility index (Phi) is 4.96. The Bertz CT molecular complexity index is 346. The summed E-state index contributed by atoms with van der Waals surface area (Å²) in [6, 6.07) is 7.57. The van der Waals surface area contributed by atoms with E-state index < -0.39 is 12.1 Å². The third-order valence-electron chi connectivity index (χ3n) is 2.05. The number of carboxylic acids is 1. The molecule has 4 heteroatoms. The van der Waals surface area contributed by atoms with E-state index in [9.17, 15) is 4.79 Å². The summed E-state index contributed by atoms with van der Waals surface area (Å²) in [5, 5.41) is 9.00. The molecule has 0 saturated carbocycles. The molecule has 1 aromatic carbocycles. The zero-order valence-electron chi connectivity index (χ0n) is 9.31. The van der Waals surface area contributed by atoms with Crippen LogP contribution in [0.4, 0.5) is 0 Å². The van der Waals surface area contributed by atoms with Crippen LogP contribution in [-0.4, -0.2) is 23.3 Å². The second kappa shape index (κ2) is 6.01. The van der Waals surface area contributed by atoms with Gasteiger partial charge in [-0.1, -0.05) is 28.1 Å². The molecule has 1 N–H and O–H groups in total. The van der Waals surface area contributed by atoms with E-state index >= 15 is 0 Å². The van der Waals surface area contributed by atoms with Gasteiger partial charge in [-0.05, 0) is 31.5 Å². The second-order valence-electron chi connectivity index (χ2n) is 3.84. The second-order valence-corrected chi connectivity index (χ2v) is 4.76. The normalized spacial score (nSPS) is 12.8. The lowest BCUT2D eigenvalue weighted by Crippen LogP contribution is -2.29. The third-order valence-corrected chi connectivity index (χ3v) is 2.57. The fourth-order valence-electron chi connectivity index (χ4n) is 1.36. The van der Waals surface area contributed by atoms with Gasteiger partial charge in [-0.15, -0.1) is 0 Å². The zero-order chi connectivity index (χ0) is 12.1. The standard InChI is InChI=1S/C12H15BrO3/c1-8(2)16-11(12(14)15)7-9-3-5-10(13)6-4-9/h3-6,8,11H,7H2,1-2H3,(H,14,15). The highest BCUT2D eigenvalue weighted by atomic mass is 79.9. The van der Waals surface area contributed by atoms with Gasteiger partial charge in [0.15, 0.2) is 6.10 Å². The number of benzene rings is 1. The average Bonchev–Trinajstić information content (AvgIpc) is 2.19. The Morgan fingerprint density at radius 1 is 1.38 bits per heavy atom. The molecule has 88 valence electrons. The molecule has 0 saturated heterocycles. The first-order valence-corrected chi connectivity index (χ1v) is 5.91. The third kappa shape index (κ3) is 4.33. The lowest BCUT2D eigenvalue weighted by atomic mass is 10.1. The SMILES string of the molecule is CC(C)OC(Cc1ccc(Br)cc1)C(=O)O. The van der Waals surface area contributed by atoms with Crippen LogP contribution in [0.3, 0.4) is 0 Å². The lowest BCUT2D eigenvalue weighted by Gasteiger charge is -2.16. The molecule has 0 aliphatic carbocycles. The summed E-state index contributed by atoms with van der Waals surface area (Å²) in [5.41, 5.74) is 0.955. The summed E-state index contributed by atoms with van der Waals surface area (Å²) in [6.07, 6.45) is -0.474. The summed E-state index contributed by atoms with van der Waals surface area (Å²) in [7, 11) is 0. The van der Waals surface area contributed by atoms with E-state index in [1.807, 2.05) is 38.1 Å². The van der Waals surface area contributed by atoms with Crippen LogP contribution in [0, 0.1) is 0 Å². The molecule has 0 amide bonds. The largest absolute Gasteiger partial charge is 0.479 e. The van der Waals surface area contributed by atoms with Crippen LogP contribution in [0.5, 0.6) is 0 Å². The molecule has 0 radical (unpaired) electrons. The molecule has 0 aliphatic rings. The highest BCUT2D eigenvalue weighted by Crippen LogP contribution is 2.13. The molecule has 1 rings (SSSR count). The maximum atomic E-state index is 11.0. The minimum Gasteiger partial charge on any atom is -0.479 e. The van der Waals surface area contributed by atoms with Gasteiger partial charge in [0.1, 0.15) is 0 Å². The minimum absolute atomic E-state index is 0.0865. The lowest BCUT2D eigenvalue weighted by molar-refractivity contribution is -0.153. The smallest absolute Gasteiger partial charge is 0.333 e. The molecule has 0 fully saturated rings. The number of carbonyl (C=O) groups is 1. The Morgan fingerprint density at radius 2 is 1.94 bits per heavy atom. The topological polar surface area (TPSA) is 46.5 Å². The number of halogens is 1. The summed E-state index contributed by atoms with van der Waals surface area (Å²) in [5.74, 6) is -0.920. The highest BCUT2D eigenvalue weighted by molar-refractivity contribution is 9.10. The molecule has 0 aromatic heterocycles. The van der Waals surface area contributed by atoms with Gasteiger partial charge in [0.2, 0.25) is 0 Å². The van der Waals surface area contributed by atoms with Crippen LogP contribution >= 0.6 is 15.9 Å². The maximum absolute atomic E-state index is 11.0. The van der Waals surface area contributed by atoms with Gasteiger partial charge >= 0.3 is 5.97 Å². The number of aliphatic carboxylic acids is 1. The van der Waals surface area contributed by atoms with E-state index in [-0.39, 0.29) is 6.10 Å². The molecule has 0 bridgehead atoms. The Balaban J connectivity index is 2.68. The van der Waals surface area contributed by atoms with Crippen molar-refractivity contribution in [3.05, 3.63) is 34.3 Å². The number of carboxylic acid groups (broad SMARTS) is 1. The van der Waals surface area contributed by atoms with Crippen molar-refractivity contribution in [3.63, 3.8) is 0 Å². The van der Waals surface area contributed by atoms with Gasteiger partial charge in [0.25, 0.3) is 0 Å². The Hall–Kier alpha value is -0.870. The van der Waals surface area contributed by atoms with Crippen LogP contribution in [-0.2, 0) is 16.0 Å². The molecule has 1 aromatic rings. The molecular formula is C12H15BrO3. The fourth-order valence-corrected chi connectivity index (χ4v) is 1.62. The van der Waals surface area contributed by atoms with Crippen LogP contribution < -0.4 is 0 Å². The molecule has 0 aliphatic heterocycles. The predicted octanol–water partition coefficient (Wildman–Crippen LogP) is 2.87. The van der Waals surface area contributed by atoms with E-state index in [2.05, 4.69) is 15.9 Å². The van der Waals surface area contributed by atoms with Crippen LogP contribution in [0.15, 0.2) is 28.7 Å². The Labute approximate surface area is 104 Å². The van der Waals surface area contributed by atoms with E-state index in [1.165, 1.54) is 0 Å². The van der Waals surface area contributed by atoms with Gasteiger partial charge in [-0.25, -0.2) is 4.79 Å². The summed E-state index contributed by atoms with van der Waals surface area (Å²) in [4.78, 5) is 11.0. The van der Waals surface area contributed by atoms with Crippen LogP contribution in [0.25, 0.3) is 0 Å². The van der Waals surface area contributed by atoms with Crippen molar-refractivity contribution in [1.82, 2.24) is 0 Å². The summed E-state index contributed by atoms with van der Waals surface area (Å²) < 4.78 is 6.31. The molecule has 1 atom stereocenters. The molecule has 1 unspecified atom stereocenters. The van der Waals surface area contributed by atoms with Crippen molar-refractivity contribution in [3.8, 4) is 0 Å². The first-order valence-electron chi connectivity index (χ1n) is 5.11. The van der Waals surface area contributed by atoms with Crippen molar-refractivity contribution >= 4 is 21.9 Å². The van der Waals surface area contributed by atoms with Crippen molar-refractivity contribution in [1.29, 1.82) is 0 Å². The van der Waals surface area contributed by atoms with Crippen molar-refractivity contribution in [2.24, 2.45) is 0 Å². The van der Waals surface area contributed by atoms with E-state index in [4.69, 9.17) is 9.84 Å². The van der Waals surface area contributed by atoms with E-state index in [0.29, 0.717) is 6.42 Å². The molecule has 0 spiro atoms. The van der Waals surface area contributed by atoms with Crippen LogP contribution in [0.2, 0.25) is 0 Å². The number of hydrogen-bond acceptors (Lipinski definition) is 2. The predicted molar refractivity (Wildman–Crippen MR) is 65.5 cm³/mol. The number of rotatable bonds is 5. The number of ether oxygens (including phenoxy) is 1. The quantitative estimate of drug-likeness (QED) is 0.905. The van der Waals surface area contributed by atoms with Crippen molar-refractivity contribution in [2.75, 3.05) is 0 Å². The van der Waals surface area contributed by atoms with E-state index in [1.54, 1.807) is 0 Å². The summed E-state index contributed by atoms with van der Waals surface area (Å²) >= 11 is 3.33. The van der Waals surface area contributed by atoms with Crippen molar-refractivity contribution < 1.29 is 14.6 Å². The molecule has 0 heterocycles. The van der Waals surface area contributed by atoms with Crippen LogP contribution in [0.1, 0.15) is 19.4 Å². The van der Waals surface area contributed by atoms with Gasteiger partial charge in [0.05, 0.1) is 6.10 Å². The zero-order valence-corrected chi connectivity index (χ0v) is 10.9. The van der Waals surface area contributed by atoms with Gasteiger partial charge < -0.3 is 9.84 Å². The maximum Gasteiger partial charge on any atom is 0.333 e. The average molecular weight is 287 g/mol. The monoisotopic (exact) mass is 286 g/mol. The minimum atomic E-state index is -0.920. The summed E-state index contributed by atoms with van der Waals surface area (Å²) in [6.45, 7) is 3.66. The first kappa shape index (κ1) is 13.2. The van der Waals surface area contributed by atoms with Gasteiger partial charge in [0, 0.05) is 10.9 Å².